The molecule has 98 valence electrons. The van der Waals surface area contributed by atoms with Gasteiger partial charge in [0.05, 0.1) is 0 Å². The molecule has 0 spiro atoms. The Bertz CT molecular complexity index is 604. The molecule has 2 rings (SSSR count). The predicted octanol–water partition coefficient (Wildman–Crippen LogP) is 0.923. The van der Waals surface area contributed by atoms with Gasteiger partial charge in [0.25, 0.3) is 5.91 Å². The Kier molecular flexibility index (Phi) is 3.56. The second-order valence-corrected chi connectivity index (χ2v) is 3.98. The van der Waals surface area contributed by atoms with Gasteiger partial charge in [0, 0.05) is 5.56 Å². The third kappa shape index (κ3) is 3.38. The first-order chi connectivity index (χ1) is 9.04. The Morgan fingerprint density at radius 2 is 2.00 bits per heavy atom. The van der Waals surface area contributed by atoms with Gasteiger partial charge in [-0.05, 0) is 19.1 Å². The minimum absolute atomic E-state index is 0.0758. The molecule has 0 aliphatic heterocycles. The van der Waals surface area contributed by atoms with E-state index in [1.54, 1.807) is 12.1 Å². The molecule has 1 amide bonds. The van der Waals surface area contributed by atoms with E-state index in [2.05, 4.69) is 15.4 Å². The van der Waals surface area contributed by atoms with Crippen LogP contribution in [0.2, 0.25) is 0 Å². The van der Waals surface area contributed by atoms with Crippen molar-refractivity contribution in [3.05, 3.63) is 41.7 Å². The van der Waals surface area contributed by atoms with Crippen LogP contribution >= 0.6 is 0 Å². The van der Waals surface area contributed by atoms with E-state index in [1.165, 1.54) is 6.33 Å². The van der Waals surface area contributed by atoms with Gasteiger partial charge in [-0.2, -0.15) is 0 Å². The first kappa shape index (κ1) is 12.7. The van der Waals surface area contributed by atoms with Gasteiger partial charge in [-0.3, -0.25) is 14.9 Å². The van der Waals surface area contributed by atoms with E-state index in [9.17, 15) is 9.59 Å². The Morgan fingerprint density at radius 3 is 2.63 bits per heavy atom. The molecular weight excluding hydrogens is 248 g/mol. The number of aryl methyl sites for hydroxylation is 1. The average molecular weight is 260 g/mol. The summed E-state index contributed by atoms with van der Waals surface area (Å²) in [5.41, 5.74) is 1.54. The van der Waals surface area contributed by atoms with Gasteiger partial charge in [0.15, 0.2) is 0 Å². The number of anilines is 1. The third-order valence-electron chi connectivity index (χ3n) is 2.37. The predicted molar refractivity (Wildman–Crippen MR) is 66.8 cm³/mol. The van der Waals surface area contributed by atoms with Crippen LogP contribution < -0.4 is 5.32 Å². The SMILES string of the molecule is Cc1ccc(C(=O)Nc2ncn(CC(=O)O)n2)cc1. The molecular formula is C12H12N4O3. The maximum atomic E-state index is 11.8. The van der Waals surface area contributed by atoms with E-state index in [0.29, 0.717) is 5.56 Å². The van der Waals surface area contributed by atoms with Crippen molar-refractivity contribution in [2.45, 2.75) is 13.5 Å². The Hall–Kier alpha value is -2.70. The molecule has 0 aliphatic rings. The number of carboxylic acids is 1. The summed E-state index contributed by atoms with van der Waals surface area (Å²) < 4.78 is 1.13. The number of aromatic nitrogens is 3. The number of rotatable bonds is 4. The highest BCUT2D eigenvalue weighted by Crippen LogP contribution is 2.06. The van der Waals surface area contributed by atoms with Crippen molar-refractivity contribution in [2.24, 2.45) is 0 Å². The smallest absolute Gasteiger partial charge is 0.325 e. The van der Waals surface area contributed by atoms with Gasteiger partial charge in [0.2, 0.25) is 5.95 Å². The normalized spacial score (nSPS) is 10.2. The van der Waals surface area contributed by atoms with Crippen molar-refractivity contribution in [3.8, 4) is 0 Å². The van der Waals surface area contributed by atoms with E-state index in [-0.39, 0.29) is 18.4 Å². The lowest BCUT2D eigenvalue weighted by atomic mass is 10.1. The van der Waals surface area contributed by atoms with Crippen LogP contribution in [-0.2, 0) is 11.3 Å². The molecule has 7 heteroatoms. The fourth-order valence-corrected chi connectivity index (χ4v) is 1.45. The highest BCUT2D eigenvalue weighted by molar-refractivity contribution is 6.03. The van der Waals surface area contributed by atoms with Gasteiger partial charge < -0.3 is 5.11 Å². The molecule has 0 saturated carbocycles. The average Bonchev–Trinajstić information content (AvgIpc) is 2.76. The van der Waals surface area contributed by atoms with Crippen molar-refractivity contribution in [2.75, 3.05) is 5.32 Å². The number of aliphatic carboxylic acids is 1. The molecule has 19 heavy (non-hydrogen) atoms. The van der Waals surface area contributed by atoms with E-state index in [1.807, 2.05) is 19.1 Å². The minimum Gasteiger partial charge on any atom is -0.480 e. The summed E-state index contributed by atoms with van der Waals surface area (Å²) in [6.07, 6.45) is 1.25. The number of hydrogen-bond donors (Lipinski definition) is 2. The van der Waals surface area contributed by atoms with E-state index < -0.39 is 5.97 Å². The van der Waals surface area contributed by atoms with Crippen LogP contribution in [0.25, 0.3) is 0 Å². The van der Waals surface area contributed by atoms with Gasteiger partial charge >= 0.3 is 5.97 Å². The number of carbonyl (C=O) groups is 2. The largest absolute Gasteiger partial charge is 0.480 e. The summed E-state index contributed by atoms with van der Waals surface area (Å²) in [7, 11) is 0. The molecule has 0 radical (unpaired) electrons. The topological polar surface area (TPSA) is 97.1 Å². The molecule has 2 aromatic rings. The molecule has 0 bridgehead atoms. The Balaban J connectivity index is 2.04. The van der Waals surface area contributed by atoms with Gasteiger partial charge in [-0.1, -0.05) is 17.7 Å². The molecule has 1 aromatic carbocycles. The molecule has 0 aliphatic carbocycles. The summed E-state index contributed by atoms with van der Waals surface area (Å²) in [6, 6.07) is 7.04. The van der Waals surface area contributed by atoms with E-state index in [0.717, 1.165) is 10.2 Å². The van der Waals surface area contributed by atoms with Gasteiger partial charge in [-0.25, -0.2) is 9.67 Å². The summed E-state index contributed by atoms with van der Waals surface area (Å²) in [5, 5.41) is 14.9. The molecule has 0 atom stereocenters. The van der Waals surface area contributed by atoms with E-state index >= 15 is 0 Å². The molecule has 1 aromatic heterocycles. The zero-order chi connectivity index (χ0) is 13.8. The lowest BCUT2D eigenvalue weighted by Gasteiger charge is -2.01. The zero-order valence-electron chi connectivity index (χ0n) is 10.2. The number of hydrogen-bond acceptors (Lipinski definition) is 4. The number of nitrogens with zero attached hydrogens (tertiary/aromatic N) is 3. The standard InChI is InChI=1S/C12H12N4O3/c1-8-2-4-9(5-3-8)11(19)14-12-13-7-16(15-12)6-10(17)18/h2-5,7H,6H2,1H3,(H,17,18)(H,14,15,19). The van der Waals surface area contributed by atoms with Crippen molar-refractivity contribution >= 4 is 17.8 Å². The van der Waals surface area contributed by atoms with Crippen LogP contribution in [0.15, 0.2) is 30.6 Å². The Morgan fingerprint density at radius 1 is 1.32 bits per heavy atom. The lowest BCUT2D eigenvalue weighted by Crippen LogP contribution is -2.14. The number of amides is 1. The second-order valence-electron chi connectivity index (χ2n) is 3.98. The maximum Gasteiger partial charge on any atom is 0.325 e. The monoisotopic (exact) mass is 260 g/mol. The summed E-state index contributed by atoms with van der Waals surface area (Å²) >= 11 is 0. The highest BCUT2D eigenvalue weighted by atomic mass is 16.4. The lowest BCUT2D eigenvalue weighted by molar-refractivity contribution is -0.137. The first-order valence-electron chi connectivity index (χ1n) is 5.54. The molecule has 2 N–H and O–H groups in total. The summed E-state index contributed by atoms with van der Waals surface area (Å²) in [5.74, 6) is -1.29. The minimum atomic E-state index is -1.03. The van der Waals surface area contributed by atoms with Crippen molar-refractivity contribution in [1.29, 1.82) is 0 Å². The fraction of sp³-hybridized carbons (Fsp3) is 0.167. The van der Waals surface area contributed by atoms with Crippen LogP contribution in [-0.4, -0.2) is 31.7 Å². The van der Waals surface area contributed by atoms with Crippen LogP contribution in [0, 0.1) is 6.92 Å². The molecule has 0 saturated heterocycles. The quantitative estimate of drug-likeness (QED) is 0.852. The fourth-order valence-electron chi connectivity index (χ4n) is 1.45. The number of carboxylic acid groups (broad SMARTS) is 1. The van der Waals surface area contributed by atoms with Crippen molar-refractivity contribution in [3.63, 3.8) is 0 Å². The highest BCUT2D eigenvalue weighted by Gasteiger charge is 2.09. The Labute approximate surface area is 108 Å². The van der Waals surface area contributed by atoms with Crippen molar-refractivity contribution < 1.29 is 14.7 Å². The third-order valence-corrected chi connectivity index (χ3v) is 2.37. The van der Waals surface area contributed by atoms with Crippen LogP contribution in [0.3, 0.4) is 0 Å². The number of carbonyl (C=O) groups excluding carboxylic acids is 1. The molecule has 1 heterocycles. The van der Waals surface area contributed by atoms with E-state index in [4.69, 9.17) is 5.11 Å². The van der Waals surface area contributed by atoms with Crippen LogP contribution in [0.1, 0.15) is 15.9 Å². The summed E-state index contributed by atoms with van der Waals surface area (Å²) in [4.78, 5) is 26.1. The maximum absolute atomic E-state index is 11.8. The van der Waals surface area contributed by atoms with Crippen LogP contribution in [0.4, 0.5) is 5.95 Å². The molecule has 0 fully saturated rings. The van der Waals surface area contributed by atoms with Crippen LogP contribution in [0.5, 0.6) is 0 Å². The first-order valence-corrected chi connectivity index (χ1v) is 5.54. The van der Waals surface area contributed by atoms with Gasteiger partial charge in [0.1, 0.15) is 12.9 Å². The summed E-state index contributed by atoms with van der Waals surface area (Å²) in [6.45, 7) is 1.63. The second kappa shape index (κ2) is 5.30. The molecule has 7 nitrogen and oxygen atoms in total. The van der Waals surface area contributed by atoms with Crippen molar-refractivity contribution in [1.82, 2.24) is 14.8 Å². The zero-order valence-corrected chi connectivity index (χ0v) is 10.2. The number of benzene rings is 1. The molecule has 0 unspecified atom stereocenters. The number of nitrogens with one attached hydrogen (secondary N) is 1. The van der Waals surface area contributed by atoms with Gasteiger partial charge in [-0.15, -0.1) is 5.10 Å².